The number of H-pyrrole nitrogens is 1. The number of benzene rings is 2. The molecule has 0 saturated carbocycles. The van der Waals surface area contributed by atoms with E-state index in [0.717, 1.165) is 12.8 Å². The van der Waals surface area contributed by atoms with Gasteiger partial charge in [-0.05, 0) is 36.2 Å². The summed E-state index contributed by atoms with van der Waals surface area (Å²) >= 11 is 5.98. The lowest BCUT2D eigenvalue weighted by Crippen LogP contribution is -2.24. The smallest absolute Gasteiger partial charge is 0.280 e. The molecule has 0 radical (unpaired) electrons. The standard InChI is InChI=1S/C31H36ClN3O3/c1-2-3-4-5-6-7-8-9-10-11-20-33-29(36)23-14-12-21(13-15-23)27-25-26(31(38)34-27)28(35-30(25)37)22-16-18-24(32)19-17-22/h12-19,34,38H,2-11,20H2,1H3,(H,33,36). The third-order valence-electron chi connectivity index (χ3n) is 7.01. The highest BCUT2D eigenvalue weighted by atomic mass is 35.5. The minimum Gasteiger partial charge on any atom is -0.494 e. The summed E-state index contributed by atoms with van der Waals surface area (Å²) in [6.45, 7) is 2.90. The van der Waals surface area contributed by atoms with Crippen LogP contribution in [-0.2, 0) is 0 Å². The van der Waals surface area contributed by atoms with E-state index in [1.807, 2.05) is 0 Å². The van der Waals surface area contributed by atoms with Crippen LogP contribution < -0.4 is 5.32 Å². The lowest BCUT2D eigenvalue weighted by atomic mass is 9.99. The van der Waals surface area contributed by atoms with Crippen molar-refractivity contribution in [3.8, 4) is 17.1 Å². The third-order valence-corrected chi connectivity index (χ3v) is 7.27. The Balaban J connectivity index is 1.29. The van der Waals surface area contributed by atoms with E-state index < -0.39 is 5.91 Å². The number of carbonyl (C=O) groups is 2. The molecular weight excluding hydrogens is 498 g/mol. The third kappa shape index (κ3) is 6.73. The summed E-state index contributed by atoms with van der Waals surface area (Å²) < 4.78 is 0. The fourth-order valence-electron chi connectivity index (χ4n) is 4.88. The minimum absolute atomic E-state index is 0.114. The monoisotopic (exact) mass is 533 g/mol. The van der Waals surface area contributed by atoms with Crippen molar-refractivity contribution in [1.29, 1.82) is 0 Å². The van der Waals surface area contributed by atoms with Crippen LogP contribution in [0.4, 0.5) is 0 Å². The van der Waals surface area contributed by atoms with Crippen molar-refractivity contribution in [1.82, 2.24) is 10.3 Å². The molecule has 3 N–H and O–H groups in total. The van der Waals surface area contributed by atoms with Gasteiger partial charge in [-0.15, -0.1) is 0 Å². The number of aromatic nitrogens is 1. The summed E-state index contributed by atoms with van der Waals surface area (Å²) in [5, 5.41) is 14.2. The maximum Gasteiger partial charge on any atom is 0.280 e. The summed E-state index contributed by atoms with van der Waals surface area (Å²) in [6.07, 6.45) is 12.6. The first kappa shape index (κ1) is 27.6. The van der Waals surface area contributed by atoms with Gasteiger partial charge in [-0.25, -0.2) is 4.99 Å². The van der Waals surface area contributed by atoms with Crippen molar-refractivity contribution < 1.29 is 14.7 Å². The highest BCUT2D eigenvalue weighted by molar-refractivity contribution is 6.32. The van der Waals surface area contributed by atoms with E-state index in [1.54, 1.807) is 48.5 Å². The van der Waals surface area contributed by atoms with Crippen LogP contribution in [0.3, 0.4) is 0 Å². The number of aromatic amines is 1. The summed E-state index contributed by atoms with van der Waals surface area (Å²) in [7, 11) is 0. The summed E-state index contributed by atoms with van der Waals surface area (Å²) in [5.74, 6) is -0.654. The fraction of sp³-hybridized carbons (Fsp3) is 0.387. The molecule has 200 valence electrons. The van der Waals surface area contributed by atoms with E-state index in [0.29, 0.717) is 50.8 Å². The van der Waals surface area contributed by atoms with E-state index in [1.165, 1.54) is 51.4 Å². The molecule has 0 unspecified atom stereocenters. The number of fused-ring (bicyclic) bond motifs is 1. The Hall–Kier alpha value is -3.38. The Bertz CT molecular complexity index is 1280. The van der Waals surface area contributed by atoms with E-state index in [4.69, 9.17) is 11.6 Å². The molecule has 7 heteroatoms. The van der Waals surface area contributed by atoms with Crippen LogP contribution in [0.1, 0.15) is 103 Å². The van der Waals surface area contributed by atoms with Crippen LogP contribution in [0.2, 0.25) is 5.02 Å². The van der Waals surface area contributed by atoms with Gasteiger partial charge < -0.3 is 15.4 Å². The molecule has 0 saturated heterocycles. The van der Waals surface area contributed by atoms with Gasteiger partial charge in [0.1, 0.15) is 0 Å². The molecule has 0 spiro atoms. The maximum absolute atomic E-state index is 12.8. The highest BCUT2D eigenvalue weighted by Gasteiger charge is 2.33. The SMILES string of the molecule is CCCCCCCCCCCCNC(=O)c1ccc(-c2[nH]c(O)c3c2C(=O)N=C3c2ccc(Cl)cc2)cc1. The lowest BCUT2D eigenvalue weighted by Gasteiger charge is -2.07. The largest absolute Gasteiger partial charge is 0.494 e. The van der Waals surface area contributed by atoms with Crippen LogP contribution in [0.5, 0.6) is 5.88 Å². The second-order valence-corrected chi connectivity index (χ2v) is 10.3. The minimum atomic E-state index is -0.421. The molecule has 38 heavy (non-hydrogen) atoms. The highest BCUT2D eigenvalue weighted by Crippen LogP contribution is 2.38. The number of halogens is 1. The first-order valence-corrected chi connectivity index (χ1v) is 14.1. The Kier molecular flexibility index (Phi) is 9.77. The molecule has 1 aromatic heterocycles. The van der Waals surface area contributed by atoms with Gasteiger partial charge in [-0.1, -0.05) is 101 Å². The molecule has 3 aromatic rings. The maximum atomic E-state index is 12.8. The normalized spacial score (nSPS) is 12.5. The number of unbranched alkanes of at least 4 members (excludes halogenated alkanes) is 9. The number of hydrogen-bond donors (Lipinski definition) is 3. The topological polar surface area (TPSA) is 94.5 Å². The zero-order valence-corrected chi connectivity index (χ0v) is 22.7. The summed E-state index contributed by atoms with van der Waals surface area (Å²) in [5.41, 5.74) is 3.52. The predicted molar refractivity (Wildman–Crippen MR) is 153 cm³/mol. The molecule has 2 heterocycles. The number of nitrogens with zero attached hydrogens (tertiary/aromatic N) is 1. The number of aliphatic imine (C=N–C) groups is 1. The molecular formula is C31H36ClN3O3. The van der Waals surface area contributed by atoms with Crippen molar-refractivity contribution in [3.05, 3.63) is 75.8 Å². The average Bonchev–Trinajstić information content (AvgIpc) is 3.45. The quantitative estimate of drug-likeness (QED) is 0.185. The van der Waals surface area contributed by atoms with E-state index >= 15 is 0 Å². The summed E-state index contributed by atoms with van der Waals surface area (Å²) in [6, 6.07) is 14.0. The van der Waals surface area contributed by atoms with Crippen molar-refractivity contribution in [2.45, 2.75) is 71.1 Å². The first-order valence-electron chi connectivity index (χ1n) is 13.7. The van der Waals surface area contributed by atoms with E-state index in [9.17, 15) is 14.7 Å². The average molecular weight is 534 g/mol. The number of hydrogen-bond acceptors (Lipinski definition) is 3. The van der Waals surface area contributed by atoms with Crippen LogP contribution in [0.25, 0.3) is 11.3 Å². The number of rotatable bonds is 14. The van der Waals surface area contributed by atoms with Gasteiger partial charge in [0.05, 0.1) is 22.5 Å². The molecule has 4 rings (SSSR count). The molecule has 2 amide bonds. The van der Waals surface area contributed by atoms with Gasteiger partial charge in [-0.3, -0.25) is 9.59 Å². The second-order valence-electron chi connectivity index (χ2n) is 9.89. The Morgan fingerprint density at radius 2 is 1.42 bits per heavy atom. The molecule has 6 nitrogen and oxygen atoms in total. The van der Waals surface area contributed by atoms with Gasteiger partial charge >= 0.3 is 0 Å². The zero-order valence-electron chi connectivity index (χ0n) is 22.0. The Labute approximate surface area is 229 Å². The van der Waals surface area contributed by atoms with Gasteiger partial charge in [0.25, 0.3) is 11.8 Å². The van der Waals surface area contributed by atoms with Gasteiger partial charge in [0, 0.05) is 22.7 Å². The van der Waals surface area contributed by atoms with Gasteiger partial charge in [-0.2, -0.15) is 0 Å². The molecule has 0 atom stereocenters. The van der Waals surface area contributed by atoms with Crippen molar-refractivity contribution in [2.24, 2.45) is 4.99 Å². The van der Waals surface area contributed by atoms with Gasteiger partial charge in [0.2, 0.25) is 0 Å². The van der Waals surface area contributed by atoms with Crippen LogP contribution in [0, 0.1) is 0 Å². The number of aromatic hydroxyl groups is 1. The lowest BCUT2D eigenvalue weighted by molar-refractivity contribution is 0.0951. The van der Waals surface area contributed by atoms with Crippen LogP contribution in [0.15, 0.2) is 53.5 Å². The van der Waals surface area contributed by atoms with E-state index in [2.05, 4.69) is 22.2 Å². The van der Waals surface area contributed by atoms with Gasteiger partial charge in [0.15, 0.2) is 5.88 Å². The van der Waals surface area contributed by atoms with Crippen molar-refractivity contribution >= 4 is 29.1 Å². The van der Waals surface area contributed by atoms with Crippen LogP contribution >= 0.6 is 11.6 Å². The first-order chi connectivity index (χ1) is 18.5. The van der Waals surface area contributed by atoms with E-state index in [-0.39, 0.29) is 11.8 Å². The Morgan fingerprint density at radius 1 is 0.842 bits per heavy atom. The number of amides is 2. The van der Waals surface area contributed by atoms with Crippen LogP contribution in [-0.4, -0.2) is 34.2 Å². The number of carbonyl (C=O) groups excluding carboxylic acids is 2. The number of nitrogens with one attached hydrogen (secondary N) is 2. The molecule has 1 aliphatic rings. The van der Waals surface area contributed by atoms with Crippen molar-refractivity contribution in [3.63, 3.8) is 0 Å². The second kappa shape index (κ2) is 13.4. The Morgan fingerprint density at radius 3 is 2.05 bits per heavy atom. The molecule has 0 fully saturated rings. The molecule has 0 bridgehead atoms. The molecule has 2 aromatic carbocycles. The zero-order chi connectivity index (χ0) is 26.9. The molecule has 1 aliphatic heterocycles. The van der Waals surface area contributed by atoms with Crippen molar-refractivity contribution in [2.75, 3.05) is 6.54 Å². The predicted octanol–water partition coefficient (Wildman–Crippen LogP) is 7.68. The fourth-order valence-corrected chi connectivity index (χ4v) is 5.01. The molecule has 0 aliphatic carbocycles. The summed E-state index contributed by atoms with van der Waals surface area (Å²) in [4.78, 5) is 32.5.